The second-order valence-electron chi connectivity index (χ2n) is 9.65. The molecule has 4 atom stereocenters. The first-order chi connectivity index (χ1) is 16.2. The predicted octanol–water partition coefficient (Wildman–Crippen LogP) is 6.37. The molecule has 1 saturated carbocycles. The summed E-state index contributed by atoms with van der Waals surface area (Å²) in [7, 11) is 0. The molecule has 184 valence electrons. The Kier molecular flexibility index (Phi) is 8.19. The fraction of sp³-hybridized carbons (Fsp3) is 0.500. The maximum absolute atomic E-state index is 11.7. The van der Waals surface area contributed by atoms with Gasteiger partial charge in [0.2, 0.25) is 5.91 Å². The highest BCUT2D eigenvalue weighted by molar-refractivity contribution is 6.35. The Morgan fingerprint density at radius 3 is 2.59 bits per heavy atom. The minimum atomic E-state index is -0.147. The minimum absolute atomic E-state index is 0.0214. The smallest absolute Gasteiger partial charge is 0.220 e. The highest BCUT2D eigenvalue weighted by Crippen LogP contribution is 2.35. The van der Waals surface area contributed by atoms with Gasteiger partial charge < -0.3 is 16.0 Å². The number of halogens is 3. The number of rotatable bonds is 6. The molecule has 1 saturated heterocycles. The van der Waals surface area contributed by atoms with Crippen LogP contribution >= 0.6 is 34.8 Å². The van der Waals surface area contributed by atoms with Gasteiger partial charge in [-0.25, -0.2) is 0 Å². The number of piperazine rings is 1. The molecule has 1 aliphatic carbocycles. The van der Waals surface area contributed by atoms with Crippen LogP contribution in [0.4, 0.5) is 11.4 Å². The maximum atomic E-state index is 11.7. The van der Waals surface area contributed by atoms with Gasteiger partial charge in [0, 0.05) is 53.4 Å². The number of nitrogens with one attached hydrogen (secondary N) is 1. The quantitative estimate of drug-likeness (QED) is 0.461. The average molecular weight is 524 g/mol. The molecule has 0 spiro atoms. The lowest BCUT2D eigenvalue weighted by Crippen LogP contribution is -2.56. The normalized spacial score (nSPS) is 24.6. The van der Waals surface area contributed by atoms with E-state index < -0.39 is 0 Å². The minimum Gasteiger partial charge on any atom is -0.377 e. The number of anilines is 2. The van der Waals surface area contributed by atoms with Gasteiger partial charge in [-0.15, -0.1) is 0 Å². The van der Waals surface area contributed by atoms with E-state index in [0.29, 0.717) is 27.2 Å². The zero-order valence-corrected chi connectivity index (χ0v) is 22.0. The summed E-state index contributed by atoms with van der Waals surface area (Å²) in [5, 5.41) is 5.44. The number of nitrogens with two attached hydrogens (primary N) is 1. The van der Waals surface area contributed by atoms with Gasteiger partial charge in [-0.05, 0) is 69.0 Å². The molecule has 2 fully saturated rings. The van der Waals surface area contributed by atoms with Gasteiger partial charge in [-0.1, -0.05) is 47.3 Å². The number of carbonyl (C=O) groups excluding carboxylic acids is 1. The lowest BCUT2D eigenvalue weighted by molar-refractivity contribution is -0.123. The van der Waals surface area contributed by atoms with Crippen LogP contribution in [-0.4, -0.2) is 42.5 Å². The number of primary amides is 1. The number of hydrogen-bond acceptors (Lipinski definition) is 4. The lowest BCUT2D eigenvalue weighted by atomic mass is 9.84. The highest BCUT2D eigenvalue weighted by Gasteiger charge is 2.33. The molecule has 0 unspecified atom stereocenters. The average Bonchev–Trinajstić information content (AvgIpc) is 2.80. The third kappa shape index (κ3) is 5.76. The molecule has 2 aromatic rings. The van der Waals surface area contributed by atoms with Gasteiger partial charge in [0.05, 0.1) is 16.8 Å². The van der Waals surface area contributed by atoms with E-state index >= 15 is 0 Å². The SMILES string of the molecule is C[C@@H](Nc1cc(N2CCN([C@@H]3CCC[C@H](C(N)=O)C3)C[C@@H]2C)ccc1Cl)c1ccc(Cl)cc1Cl. The summed E-state index contributed by atoms with van der Waals surface area (Å²) >= 11 is 19.0. The third-order valence-electron chi connectivity index (χ3n) is 7.31. The van der Waals surface area contributed by atoms with Crippen LogP contribution in [0.5, 0.6) is 0 Å². The third-order valence-corrected chi connectivity index (χ3v) is 8.20. The summed E-state index contributed by atoms with van der Waals surface area (Å²) in [6, 6.07) is 12.5. The summed E-state index contributed by atoms with van der Waals surface area (Å²) in [6.07, 6.45) is 4.05. The van der Waals surface area contributed by atoms with E-state index in [1.165, 1.54) is 0 Å². The Bertz CT molecular complexity index is 1030. The first-order valence-electron chi connectivity index (χ1n) is 12.0. The van der Waals surface area contributed by atoms with Crippen LogP contribution in [0.2, 0.25) is 15.1 Å². The second kappa shape index (κ2) is 10.9. The summed E-state index contributed by atoms with van der Waals surface area (Å²) < 4.78 is 0. The Balaban J connectivity index is 1.44. The molecule has 2 aliphatic rings. The molecule has 1 aliphatic heterocycles. The number of nitrogens with zero attached hydrogens (tertiary/aromatic N) is 2. The first-order valence-corrected chi connectivity index (χ1v) is 13.2. The van der Waals surface area contributed by atoms with Crippen molar-refractivity contribution in [3.63, 3.8) is 0 Å². The number of hydrogen-bond donors (Lipinski definition) is 2. The molecule has 0 aromatic heterocycles. The van der Waals surface area contributed by atoms with Crippen LogP contribution in [0, 0.1) is 5.92 Å². The molecule has 2 aromatic carbocycles. The topological polar surface area (TPSA) is 61.6 Å². The van der Waals surface area contributed by atoms with Gasteiger partial charge in [-0.2, -0.15) is 0 Å². The first kappa shape index (κ1) is 25.4. The van der Waals surface area contributed by atoms with Crippen molar-refractivity contribution in [3.8, 4) is 0 Å². The molecule has 4 rings (SSSR count). The zero-order valence-electron chi connectivity index (χ0n) is 19.7. The highest BCUT2D eigenvalue weighted by atomic mass is 35.5. The zero-order chi connectivity index (χ0) is 24.4. The summed E-state index contributed by atoms with van der Waals surface area (Å²) in [6.45, 7) is 7.20. The number of amides is 1. The Labute approximate surface area is 217 Å². The van der Waals surface area contributed by atoms with Gasteiger partial charge in [-0.3, -0.25) is 9.69 Å². The molecule has 0 bridgehead atoms. The second-order valence-corrected chi connectivity index (χ2v) is 10.9. The van der Waals surface area contributed by atoms with Crippen LogP contribution in [0.1, 0.15) is 51.1 Å². The molecule has 1 amide bonds. The fourth-order valence-electron chi connectivity index (χ4n) is 5.42. The van der Waals surface area contributed by atoms with Crippen LogP contribution < -0.4 is 16.0 Å². The Morgan fingerprint density at radius 1 is 1.09 bits per heavy atom. The van der Waals surface area contributed by atoms with E-state index in [1.807, 2.05) is 18.2 Å². The van der Waals surface area contributed by atoms with E-state index in [0.717, 1.165) is 62.3 Å². The maximum Gasteiger partial charge on any atom is 0.220 e. The standard InChI is InChI=1S/C26H33Cl3N4O/c1-16-15-32(20-5-3-4-18(12-20)26(30)34)10-11-33(16)21-7-9-23(28)25(14-21)31-17(2)22-8-6-19(27)13-24(22)29/h6-9,13-14,16-18,20,31H,3-5,10-12,15H2,1-2H3,(H2,30,34)/t16-,17+,18-,20+/m0/s1. The largest absolute Gasteiger partial charge is 0.377 e. The van der Waals surface area contributed by atoms with Crippen molar-refractivity contribution in [2.24, 2.45) is 11.7 Å². The van der Waals surface area contributed by atoms with Crippen molar-refractivity contribution < 1.29 is 4.79 Å². The molecule has 1 heterocycles. The molecule has 8 heteroatoms. The summed E-state index contributed by atoms with van der Waals surface area (Å²) in [4.78, 5) is 16.7. The molecule has 3 N–H and O–H groups in total. The lowest BCUT2D eigenvalue weighted by Gasteiger charge is -2.46. The molecular weight excluding hydrogens is 491 g/mol. The van der Waals surface area contributed by atoms with Crippen molar-refractivity contribution in [2.75, 3.05) is 29.9 Å². The van der Waals surface area contributed by atoms with E-state index in [2.05, 4.69) is 41.1 Å². The van der Waals surface area contributed by atoms with E-state index in [9.17, 15) is 4.79 Å². The molecule has 5 nitrogen and oxygen atoms in total. The van der Waals surface area contributed by atoms with Gasteiger partial charge in [0.1, 0.15) is 0 Å². The number of benzene rings is 2. The Hall–Kier alpha value is -1.66. The van der Waals surface area contributed by atoms with Crippen molar-refractivity contribution in [1.29, 1.82) is 0 Å². The van der Waals surface area contributed by atoms with Gasteiger partial charge in [0.15, 0.2) is 0 Å². The van der Waals surface area contributed by atoms with Gasteiger partial charge in [0.25, 0.3) is 0 Å². The van der Waals surface area contributed by atoms with Crippen LogP contribution in [0.25, 0.3) is 0 Å². The molecular formula is C26H33Cl3N4O. The fourth-order valence-corrected chi connectivity index (χ4v) is 6.17. The predicted molar refractivity (Wildman–Crippen MR) is 143 cm³/mol. The van der Waals surface area contributed by atoms with E-state index in [-0.39, 0.29) is 17.9 Å². The van der Waals surface area contributed by atoms with Crippen molar-refractivity contribution >= 4 is 52.1 Å². The van der Waals surface area contributed by atoms with E-state index in [1.54, 1.807) is 6.07 Å². The Morgan fingerprint density at radius 2 is 1.88 bits per heavy atom. The van der Waals surface area contributed by atoms with Crippen LogP contribution in [-0.2, 0) is 4.79 Å². The monoisotopic (exact) mass is 522 g/mol. The van der Waals surface area contributed by atoms with Crippen molar-refractivity contribution in [1.82, 2.24) is 4.90 Å². The number of carbonyl (C=O) groups is 1. The van der Waals surface area contributed by atoms with Crippen molar-refractivity contribution in [2.45, 2.75) is 57.7 Å². The van der Waals surface area contributed by atoms with Crippen molar-refractivity contribution in [3.05, 3.63) is 57.0 Å². The summed E-state index contributed by atoms with van der Waals surface area (Å²) in [5.74, 6) is -0.125. The van der Waals surface area contributed by atoms with E-state index in [4.69, 9.17) is 40.5 Å². The van der Waals surface area contributed by atoms with Gasteiger partial charge >= 0.3 is 0 Å². The van der Waals surface area contributed by atoms with Crippen LogP contribution in [0.15, 0.2) is 36.4 Å². The van der Waals surface area contributed by atoms with Crippen LogP contribution in [0.3, 0.4) is 0 Å². The molecule has 0 radical (unpaired) electrons. The summed E-state index contributed by atoms with van der Waals surface area (Å²) in [5.41, 5.74) is 8.59. The molecule has 34 heavy (non-hydrogen) atoms.